The molecule has 0 heterocycles. The summed E-state index contributed by atoms with van der Waals surface area (Å²) < 4.78 is 5.32. The van der Waals surface area contributed by atoms with Gasteiger partial charge in [0.15, 0.2) is 0 Å². The van der Waals surface area contributed by atoms with E-state index in [4.69, 9.17) is 4.74 Å². The van der Waals surface area contributed by atoms with Crippen LogP contribution in [0.4, 0.5) is 0 Å². The maximum Gasteiger partial charge on any atom is 0.134 e. The Hall–Kier alpha value is -1.83. The first-order valence-corrected chi connectivity index (χ1v) is 7.72. The minimum atomic E-state index is 0.185. The third-order valence-electron chi connectivity index (χ3n) is 5.57. The number of benzene rings is 2. The normalized spacial score (nSPS) is 27.5. The largest absolute Gasteiger partial charge is 0.497 e. The van der Waals surface area contributed by atoms with Gasteiger partial charge in [-0.3, -0.25) is 4.79 Å². The van der Waals surface area contributed by atoms with Crippen LogP contribution < -0.4 is 4.74 Å². The molecule has 0 N–H and O–H groups in total. The van der Waals surface area contributed by atoms with Gasteiger partial charge in [-0.05, 0) is 58.2 Å². The van der Waals surface area contributed by atoms with Crippen LogP contribution in [0.5, 0.6) is 5.75 Å². The predicted octanol–water partition coefficient (Wildman–Crippen LogP) is 4.25. The number of ketones is 1. The molecule has 2 aliphatic carbocycles. The molecule has 21 heavy (non-hydrogen) atoms. The van der Waals surface area contributed by atoms with Gasteiger partial charge >= 0.3 is 0 Å². The maximum atomic E-state index is 12.0. The molecule has 0 spiro atoms. The minimum absolute atomic E-state index is 0.185. The van der Waals surface area contributed by atoms with E-state index in [1.165, 1.54) is 21.9 Å². The molecule has 0 radical (unpaired) electrons. The molecule has 0 amide bonds. The molecule has 2 aromatic rings. The predicted molar refractivity (Wildman–Crippen MR) is 83.9 cm³/mol. The van der Waals surface area contributed by atoms with Crippen LogP contribution in [0.25, 0.3) is 10.8 Å². The van der Waals surface area contributed by atoms with E-state index >= 15 is 0 Å². The monoisotopic (exact) mass is 280 g/mol. The summed E-state index contributed by atoms with van der Waals surface area (Å²) in [5.41, 5.74) is 3.05. The highest BCUT2D eigenvalue weighted by Crippen LogP contribution is 2.55. The lowest BCUT2D eigenvalue weighted by molar-refractivity contribution is -0.118. The Morgan fingerprint density at radius 3 is 2.90 bits per heavy atom. The van der Waals surface area contributed by atoms with Gasteiger partial charge in [-0.2, -0.15) is 0 Å². The number of rotatable bonds is 1. The summed E-state index contributed by atoms with van der Waals surface area (Å²) in [6.45, 7) is 2.30. The van der Waals surface area contributed by atoms with Gasteiger partial charge in [0.2, 0.25) is 0 Å². The van der Waals surface area contributed by atoms with Crippen molar-refractivity contribution in [3.63, 3.8) is 0 Å². The lowest BCUT2D eigenvalue weighted by atomic mass is 9.66. The van der Waals surface area contributed by atoms with Crippen LogP contribution in [0, 0.1) is 5.41 Å². The van der Waals surface area contributed by atoms with Gasteiger partial charge in [0.25, 0.3) is 0 Å². The number of carbonyl (C=O) groups excluding carboxylic acids is 1. The zero-order chi connectivity index (χ0) is 14.6. The topological polar surface area (TPSA) is 26.3 Å². The average molecular weight is 280 g/mol. The van der Waals surface area contributed by atoms with Crippen molar-refractivity contribution in [2.75, 3.05) is 7.11 Å². The molecule has 1 saturated carbocycles. The van der Waals surface area contributed by atoms with Crippen molar-refractivity contribution < 1.29 is 9.53 Å². The third-order valence-corrected chi connectivity index (χ3v) is 5.57. The third kappa shape index (κ3) is 1.81. The Balaban J connectivity index is 1.90. The fourth-order valence-corrected chi connectivity index (χ4v) is 4.40. The molecule has 108 valence electrons. The van der Waals surface area contributed by atoms with Gasteiger partial charge < -0.3 is 4.74 Å². The Kier molecular flexibility index (Phi) is 2.66. The van der Waals surface area contributed by atoms with E-state index in [0.29, 0.717) is 11.7 Å². The number of hydrogen-bond acceptors (Lipinski definition) is 2. The summed E-state index contributed by atoms with van der Waals surface area (Å²) >= 11 is 0. The maximum absolute atomic E-state index is 12.0. The van der Waals surface area contributed by atoms with E-state index in [-0.39, 0.29) is 5.41 Å². The number of fused-ring (bicyclic) bond motifs is 5. The zero-order valence-electron chi connectivity index (χ0n) is 12.6. The molecular formula is C19H20O2. The summed E-state index contributed by atoms with van der Waals surface area (Å²) in [6, 6.07) is 10.7. The van der Waals surface area contributed by atoms with Crippen LogP contribution in [0.1, 0.15) is 43.2 Å². The summed E-state index contributed by atoms with van der Waals surface area (Å²) in [7, 11) is 1.70. The van der Waals surface area contributed by atoms with E-state index in [1.807, 2.05) is 6.07 Å². The number of Topliss-reactive ketones (excluding diaryl/α,β-unsaturated/α-hetero) is 1. The standard InChI is InChI=1S/C19H20O2/c1-19-8-7-16-15-6-4-14(21-2)9-12(15)3-5-17(16)18(19)10-13(20)11-19/h3-6,9,18H,7-8,10-11H2,1-2H3. The fourth-order valence-electron chi connectivity index (χ4n) is 4.40. The van der Waals surface area contributed by atoms with Crippen LogP contribution in [-0.2, 0) is 11.2 Å². The van der Waals surface area contributed by atoms with Gasteiger partial charge in [0, 0.05) is 12.8 Å². The summed E-state index contributed by atoms with van der Waals surface area (Å²) in [4.78, 5) is 12.0. The van der Waals surface area contributed by atoms with Crippen LogP contribution in [0.3, 0.4) is 0 Å². The lowest BCUT2D eigenvalue weighted by Crippen LogP contribution is -2.26. The smallest absolute Gasteiger partial charge is 0.134 e. The second kappa shape index (κ2) is 4.33. The number of carbonyl (C=O) groups is 1. The molecule has 0 bridgehead atoms. The van der Waals surface area contributed by atoms with Crippen molar-refractivity contribution >= 4 is 16.6 Å². The Bertz CT molecular complexity index is 747. The molecule has 0 aliphatic heterocycles. The van der Waals surface area contributed by atoms with E-state index in [0.717, 1.165) is 31.4 Å². The van der Waals surface area contributed by atoms with Gasteiger partial charge in [0.05, 0.1) is 7.11 Å². The molecule has 4 rings (SSSR count). The number of methoxy groups -OCH3 is 1. The first-order chi connectivity index (χ1) is 10.1. The van der Waals surface area contributed by atoms with Gasteiger partial charge in [-0.15, -0.1) is 0 Å². The second-order valence-electron chi connectivity index (χ2n) is 6.85. The zero-order valence-corrected chi connectivity index (χ0v) is 12.6. The van der Waals surface area contributed by atoms with Crippen LogP contribution in [0.2, 0.25) is 0 Å². The van der Waals surface area contributed by atoms with E-state index in [1.54, 1.807) is 7.11 Å². The fraction of sp³-hybridized carbons (Fsp3) is 0.421. The summed E-state index contributed by atoms with van der Waals surface area (Å²) in [6.07, 6.45) is 3.70. The van der Waals surface area contributed by atoms with Crippen molar-refractivity contribution in [2.24, 2.45) is 5.41 Å². The van der Waals surface area contributed by atoms with Crippen molar-refractivity contribution in [1.82, 2.24) is 0 Å². The van der Waals surface area contributed by atoms with E-state index in [2.05, 4.69) is 31.2 Å². The number of ether oxygens (including phenoxy) is 1. The Morgan fingerprint density at radius 2 is 2.10 bits per heavy atom. The van der Waals surface area contributed by atoms with Gasteiger partial charge in [0.1, 0.15) is 11.5 Å². The lowest BCUT2D eigenvalue weighted by Gasteiger charge is -2.37. The van der Waals surface area contributed by atoms with E-state index in [9.17, 15) is 4.79 Å². The molecule has 2 aromatic carbocycles. The highest BCUT2D eigenvalue weighted by molar-refractivity contribution is 5.90. The van der Waals surface area contributed by atoms with Crippen molar-refractivity contribution in [1.29, 1.82) is 0 Å². The van der Waals surface area contributed by atoms with Gasteiger partial charge in [-0.25, -0.2) is 0 Å². The first kappa shape index (κ1) is 12.9. The number of hydrogen-bond donors (Lipinski definition) is 0. The SMILES string of the molecule is COc1ccc2c3c(ccc2c1)C1CC(=O)CC1(C)CC3. The highest BCUT2D eigenvalue weighted by Gasteiger charge is 2.46. The quantitative estimate of drug-likeness (QED) is 0.780. The van der Waals surface area contributed by atoms with Crippen molar-refractivity contribution in [3.8, 4) is 5.75 Å². The molecular weight excluding hydrogens is 260 g/mol. The summed E-state index contributed by atoms with van der Waals surface area (Å²) in [5, 5.41) is 2.57. The van der Waals surface area contributed by atoms with Gasteiger partial charge in [-0.1, -0.05) is 25.1 Å². The molecule has 2 unspecified atom stereocenters. The molecule has 0 saturated heterocycles. The van der Waals surface area contributed by atoms with Crippen LogP contribution in [0.15, 0.2) is 30.3 Å². The van der Waals surface area contributed by atoms with Crippen LogP contribution >= 0.6 is 0 Å². The second-order valence-corrected chi connectivity index (χ2v) is 6.85. The number of aryl methyl sites for hydroxylation is 1. The molecule has 2 nitrogen and oxygen atoms in total. The Morgan fingerprint density at radius 1 is 1.24 bits per heavy atom. The van der Waals surface area contributed by atoms with Crippen molar-refractivity contribution in [2.45, 2.75) is 38.5 Å². The van der Waals surface area contributed by atoms with E-state index < -0.39 is 0 Å². The van der Waals surface area contributed by atoms with Crippen molar-refractivity contribution in [3.05, 3.63) is 41.5 Å². The highest BCUT2D eigenvalue weighted by atomic mass is 16.5. The molecule has 1 fully saturated rings. The molecule has 2 heteroatoms. The van der Waals surface area contributed by atoms with Crippen LogP contribution in [-0.4, -0.2) is 12.9 Å². The molecule has 2 atom stereocenters. The molecule has 2 aliphatic rings. The first-order valence-electron chi connectivity index (χ1n) is 7.72. The Labute approximate surface area is 125 Å². The minimum Gasteiger partial charge on any atom is -0.497 e. The summed E-state index contributed by atoms with van der Waals surface area (Å²) in [5.74, 6) is 1.75. The average Bonchev–Trinajstić information content (AvgIpc) is 2.80. The molecule has 0 aromatic heterocycles.